The fraction of sp³-hybridized carbons (Fsp3) is 0.143. The molecule has 1 N–H and O–H groups in total. The molecule has 0 aliphatic heterocycles. The van der Waals surface area contributed by atoms with Crippen molar-refractivity contribution in [3.8, 4) is 5.88 Å². The van der Waals surface area contributed by atoms with Gasteiger partial charge in [-0.05, 0) is 28.1 Å². The second-order valence-electron chi connectivity index (χ2n) is 2.10. The summed E-state index contributed by atoms with van der Waals surface area (Å²) in [6.45, 7) is -0.611. The lowest BCUT2D eigenvalue weighted by Crippen LogP contribution is -2.11. The molecule has 0 saturated heterocycles. The second kappa shape index (κ2) is 4.18. The predicted octanol–water partition coefficient (Wildman–Crippen LogP) is 1.45. The van der Waals surface area contributed by atoms with Crippen molar-refractivity contribution in [2.75, 3.05) is 6.61 Å². The molecule has 1 aromatic heterocycles. The summed E-state index contributed by atoms with van der Waals surface area (Å²) in [5, 5.41) is 8.25. The summed E-state index contributed by atoms with van der Waals surface area (Å²) in [5.41, 5.74) is 0. The van der Waals surface area contributed by atoms with E-state index in [0.29, 0.717) is 4.60 Å². The fourth-order valence-electron chi connectivity index (χ4n) is 0.632. The van der Waals surface area contributed by atoms with E-state index in [-0.39, 0.29) is 5.88 Å². The van der Waals surface area contributed by atoms with Gasteiger partial charge in [0.1, 0.15) is 4.60 Å². The van der Waals surface area contributed by atoms with Gasteiger partial charge < -0.3 is 9.84 Å². The zero-order chi connectivity index (χ0) is 9.84. The second-order valence-corrected chi connectivity index (χ2v) is 2.92. The Kier molecular flexibility index (Phi) is 3.18. The molecule has 70 valence electrons. The molecule has 13 heavy (non-hydrogen) atoms. The molecule has 0 radical (unpaired) electrons. The standard InChI is InChI=1S/C7H5BrFNO3/c8-5-2-1-4(9)7(10-5)13-3-6(11)12/h1-2H,3H2,(H,11,12). The molecule has 6 heteroatoms. The summed E-state index contributed by atoms with van der Waals surface area (Å²) in [5.74, 6) is -2.19. The van der Waals surface area contributed by atoms with Gasteiger partial charge in [0.25, 0.3) is 5.88 Å². The average Bonchev–Trinajstić information content (AvgIpc) is 2.06. The van der Waals surface area contributed by atoms with Crippen molar-refractivity contribution in [2.24, 2.45) is 0 Å². The van der Waals surface area contributed by atoms with Gasteiger partial charge in [0.15, 0.2) is 12.4 Å². The summed E-state index contributed by atoms with van der Waals surface area (Å²) in [6.07, 6.45) is 0. The molecule has 0 unspecified atom stereocenters. The SMILES string of the molecule is O=C(O)COc1nc(Br)ccc1F. The van der Waals surface area contributed by atoms with Crippen LogP contribution < -0.4 is 4.74 Å². The third-order valence-corrected chi connectivity index (χ3v) is 1.55. The first-order valence-corrected chi connectivity index (χ1v) is 4.05. The van der Waals surface area contributed by atoms with Crippen LogP contribution in [-0.4, -0.2) is 22.7 Å². The molecule has 4 nitrogen and oxygen atoms in total. The van der Waals surface area contributed by atoms with Gasteiger partial charge >= 0.3 is 5.97 Å². The largest absolute Gasteiger partial charge is 0.479 e. The Balaban J connectivity index is 2.75. The molecule has 0 atom stereocenters. The highest BCUT2D eigenvalue weighted by atomic mass is 79.9. The maximum atomic E-state index is 12.8. The normalized spacial score (nSPS) is 9.69. The summed E-state index contributed by atoms with van der Waals surface area (Å²) >= 11 is 3.00. The molecule has 1 rings (SSSR count). The predicted molar refractivity (Wildman–Crippen MR) is 45.0 cm³/mol. The van der Waals surface area contributed by atoms with Gasteiger partial charge in [0.2, 0.25) is 0 Å². The molecule has 1 heterocycles. The lowest BCUT2D eigenvalue weighted by Gasteiger charge is -2.02. The topological polar surface area (TPSA) is 59.4 Å². The third kappa shape index (κ3) is 2.98. The zero-order valence-corrected chi connectivity index (χ0v) is 7.91. The highest BCUT2D eigenvalue weighted by Crippen LogP contribution is 2.16. The molecule has 0 amide bonds. The first-order chi connectivity index (χ1) is 6.09. The monoisotopic (exact) mass is 249 g/mol. The summed E-state index contributed by atoms with van der Waals surface area (Å²) in [7, 11) is 0. The fourth-order valence-corrected chi connectivity index (χ4v) is 0.925. The van der Waals surface area contributed by atoms with Gasteiger partial charge in [-0.1, -0.05) is 0 Å². The average molecular weight is 250 g/mol. The Morgan fingerprint density at radius 2 is 2.38 bits per heavy atom. The molecule has 0 fully saturated rings. The molecule has 0 bridgehead atoms. The van der Waals surface area contributed by atoms with Crippen molar-refractivity contribution in [3.05, 3.63) is 22.6 Å². The van der Waals surface area contributed by atoms with Crippen molar-refractivity contribution < 1.29 is 19.0 Å². The van der Waals surface area contributed by atoms with Gasteiger partial charge in [-0.25, -0.2) is 14.2 Å². The maximum absolute atomic E-state index is 12.8. The van der Waals surface area contributed by atoms with Crippen molar-refractivity contribution in [3.63, 3.8) is 0 Å². The number of ether oxygens (including phenoxy) is 1. The molecule has 0 aromatic carbocycles. The molecular formula is C7H5BrFNO3. The van der Waals surface area contributed by atoms with Gasteiger partial charge in [-0.3, -0.25) is 0 Å². The van der Waals surface area contributed by atoms with E-state index in [1.54, 1.807) is 0 Å². The number of aliphatic carboxylic acids is 1. The number of nitrogens with zero attached hydrogens (tertiary/aromatic N) is 1. The van der Waals surface area contributed by atoms with Crippen LogP contribution >= 0.6 is 15.9 Å². The number of hydrogen-bond acceptors (Lipinski definition) is 3. The lowest BCUT2D eigenvalue weighted by molar-refractivity contribution is -0.139. The third-order valence-electron chi connectivity index (χ3n) is 1.11. The van der Waals surface area contributed by atoms with Crippen LogP contribution in [0.15, 0.2) is 16.7 Å². The van der Waals surface area contributed by atoms with E-state index >= 15 is 0 Å². The van der Waals surface area contributed by atoms with E-state index in [1.165, 1.54) is 6.07 Å². The van der Waals surface area contributed by atoms with E-state index in [4.69, 9.17) is 5.11 Å². The maximum Gasteiger partial charge on any atom is 0.341 e. The number of carbonyl (C=O) groups is 1. The van der Waals surface area contributed by atoms with Crippen LogP contribution in [0.4, 0.5) is 4.39 Å². The Morgan fingerprint density at radius 1 is 1.69 bits per heavy atom. The quantitative estimate of drug-likeness (QED) is 0.824. The Bertz CT molecular complexity index is 332. The minimum atomic E-state index is -1.18. The first kappa shape index (κ1) is 9.91. The van der Waals surface area contributed by atoms with Crippen LogP contribution in [0.5, 0.6) is 5.88 Å². The van der Waals surface area contributed by atoms with Gasteiger partial charge in [-0.15, -0.1) is 0 Å². The lowest BCUT2D eigenvalue weighted by atomic mass is 10.5. The van der Waals surface area contributed by atoms with Crippen LogP contribution in [0.1, 0.15) is 0 Å². The van der Waals surface area contributed by atoms with Crippen molar-refractivity contribution in [1.29, 1.82) is 0 Å². The van der Waals surface area contributed by atoms with E-state index in [0.717, 1.165) is 6.07 Å². The van der Waals surface area contributed by atoms with E-state index in [1.807, 2.05) is 0 Å². The van der Waals surface area contributed by atoms with Crippen molar-refractivity contribution >= 4 is 21.9 Å². The molecule has 0 aliphatic rings. The number of hydrogen-bond donors (Lipinski definition) is 1. The summed E-state index contributed by atoms with van der Waals surface area (Å²) < 4.78 is 17.8. The van der Waals surface area contributed by atoms with Crippen LogP contribution in [0, 0.1) is 5.82 Å². The molecule has 1 aromatic rings. The Morgan fingerprint density at radius 3 is 3.00 bits per heavy atom. The highest BCUT2D eigenvalue weighted by Gasteiger charge is 2.07. The minimum absolute atomic E-state index is 0.322. The van der Waals surface area contributed by atoms with Crippen LogP contribution in [0.3, 0.4) is 0 Å². The summed E-state index contributed by atoms with van der Waals surface area (Å²) in [6, 6.07) is 2.53. The zero-order valence-electron chi connectivity index (χ0n) is 6.33. The van der Waals surface area contributed by atoms with E-state index in [2.05, 4.69) is 25.7 Å². The van der Waals surface area contributed by atoms with Gasteiger partial charge in [-0.2, -0.15) is 0 Å². The van der Waals surface area contributed by atoms with E-state index < -0.39 is 18.4 Å². The molecule has 0 aliphatic carbocycles. The van der Waals surface area contributed by atoms with Crippen LogP contribution in [0.2, 0.25) is 0 Å². The molecule has 0 spiro atoms. The number of rotatable bonds is 3. The van der Waals surface area contributed by atoms with Crippen molar-refractivity contribution in [1.82, 2.24) is 4.98 Å². The van der Waals surface area contributed by atoms with E-state index in [9.17, 15) is 9.18 Å². The Hall–Kier alpha value is -1.17. The number of carboxylic acid groups (broad SMARTS) is 1. The van der Waals surface area contributed by atoms with Crippen LogP contribution in [-0.2, 0) is 4.79 Å². The highest BCUT2D eigenvalue weighted by molar-refractivity contribution is 9.10. The minimum Gasteiger partial charge on any atom is -0.479 e. The number of carboxylic acids is 1. The number of aromatic nitrogens is 1. The van der Waals surface area contributed by atoms with Crippen LogP contribution in [0.25, 0.3) is 0 Å². The molecular weight excluding hydrogens is 245 g/mol. The number of pyridine rings is 1. The molecule has 0 saturated carbocycles. The van der Waals surface area contributed by atoms with Gasteiger partial charge in [0, 0.05) is 0 Å². The number of halogens is 2. The van der Waals surface area contributed by atoms with Gasteiger partial charge in [0.05, 0.1) is 0 Å². The Labute approximate surface area is 81.5 Å². The smallest absolute Gasteiger partial charge is 0.341 e. The summed E-state index contributed by atoms with van der Waals surface area (Å²) in [4.78, 5) is 13.7. The first-order valence-electron chi connectivity index (χ1n) is 3.26. The van der Waals surface area contributed by atoms with Crippen molar-refractivity contribution in [2.45, 2.75) is 0 Å².